The lowest BCUT2D eigenvalue weighted by Gasteiger charge is -2.17. The van der Waals surface area contributed by atoms with Crippen LogP contribution in [0.15, 0.2) is 6.07 Å². The monoisotopic (exact) mass is 296 g/mol. The summed E-state index contributed by atoms with van der Waals surface area (Å²) in [6.07, 6.45) is 7.00. The minimum absolute atomic E-state index is 0.741. The van der Waals surface area contributed by atoms with Crippen molar-refractivity contribution in [2.24, 2.45) is 0 Å². The molecule has 1 aromatic carbocycles. The number of hydrogen-bond donors (Lipinski definition) is 0. The number of unbranched alkanes of at least 4 members (excludes halogenated alkanes) is 4. The summed E-state index contributed by atoms with van der Waals surface area (Å²) in [5.41, 5.74) is 3.11. The van der Waals surface area contributed by atoms with E-state index in [2.05, 4.69) is 6.92 Å². The molecule has 0 N–H and O–H groups in total. The molecule has 0 aliphatic rings. The van der Waals surface area contributed by atoms with Gasteiger partial charge in [0.25, 0.3) is 0 Å². The highest BCUT2D eigenvalue weighted by Gasteiger charge is 2.18. The summed E-state index contributed by atoms with van der Waals surface area (Å²) < 4.78 is 0. The quantitative estimate of drug-likeness (QED) is 0.356. The fourth-order valence-electron chi connectivity index (χ4n) is 2.57. The van der Waals surface area contributed by atoms with E-state index in [4.69, 9.17) is 19.6 Å². The maximum atomic E-state index is 5.35. The molecule has 0 heterocycles. The van der Waals surface area contributed by atoms with Crippen LogP contribution in [0.25, 0.3) is 0 Å². The van der Waals surface area contributed by atoms with Crippen LogP contribution in [-0.2, 0) is 16.2 Å². The Hall–Kier alpha value is -1.26. The van der Waals surface area contributed by atoms with E-state index in [0.717, 1.165) is 41.0 Å². The second-order valence-electron chi connectivity index (χ2n) is 5.31. The molecule has 1 aromatic rings. The Labute approximate surface area is 128 Å². The van der Waals surface area contributed by atoms with Gasteiger partial charge in [0.2, 0.25) is 0 Å². The number of hydrogen-bond acceptors (Lipinski definition) is 4. The molecule has 4 heteroatoms. The van der Waals surface area contributed by atoms with E-state index in [0.29, 0.717) is 0 Å². The zero-order valence-electron chi connectivity index (χ0n) is 14.0. The van der Waals surface area contributed by atoms with Gasteiger partial charge in [-0.1, -0.05) is 32.6 Å². The zero-order valence-corrected chi connectivity index (χ0v) is 14.0. The van der Waals surface area contributed by atoms with Crippen molar-refractivity contribution in [3.05, 3.63) is 22.8 Å². The lowest BCUT2D eigenvalue weighted by Crippen LogP contribution is -2.05. The predicted molar refractivity (Wildman–Crippen MR) is 83.7 cm³/mol. The molecule has 1 rings (SSSR count). The van der Waals surface area contributed by atoms with Gasteiger partial charge < -0.3 is 9.78 Å². The van der Waals surface area contributed by atoms with Crippen LogP contribution in [0, 0.1) is 13.8 Å². The third-order valence-corrected chi connectivity index (χ3v) is 3.56. The highest BCUT2D eigenvalue weighted by Crippen LogP contribution is 2.37. The Morgan fingerprint density at radius 1 is 0.810 bits per heavy atom. The first-order valence-corrected chi connectivity index (χ1v) is 7.70. The highest BCUT2D eigenvalue weighted by atomic mass is 17.2. The van der Waals surface area contributed by atoms with Gasteiger partial charge in [-0.05, 0) is 43.9 Å². The number of benzene rings is 1. The van der Waals surface area contributed by atoms with E-state index in [-0.39, 0.29) is 0 Å². The van der Waals surface area contributed by atoms with Crippen LogP contribution in [0.5, 0.6) is 11.5 Å². The summed E-state index contributed by atoms with van der Waals surface area (Å²) in [7, 11) is 3.03. The first-order chi connectivity index (χ1) is 10.2. The summed E-state index contributed by atoms with van der Waals surface area (Å²) in [6.45, 7) is 6.25. The van der Waals surface area contributed by atoms with Crippen molar-refractivity contribution < 1.29 is 19.6 Å². The third-order valence-electron chi connectivity index (χ3n) is 3.56. The predicted octanol–water partition coefficient (Wildman–Crippen LogP) is 4.70. The fraction of sp³-hybridized carbons (Fsp3) is 0.647. The Kier molecular flexibility index (Phi) is 8.16. The van der Waals surface area contributed by atoms with Crippen LogP contribution in [0.3, 0.4) is 0 Å². The summed E-state index contributed by atoms with van der Waals surface area (Å²) >= 11 is 0. The molecule has 0 amide bonds. The molecule has 0 aromatic heterocycles. The third kappa shape index (κ3) is 5.21. The van der Waals surface area contributed by atoms with Gasteiger partial charge in [0.1, 0.15) is 0 Å². The molecule has 0 fully saturated rings. The van der Waals surface area contributed by atoms with Crippen molar-refractivity contribution in [2.45, 2.75) is 59.3 Å². The van der Waals surface area contributed by atoms with Crippen LogP contribution < -0.4 is 9.78 Å². The summed E-state index contributed by atoms with van der Waals surface area (Å²) in [4.78, 5) is 20.4. The van der Waals surface area contributed by atoms with Crippen molar-refractivity contribution in [2.75, 3.05) is 14.2 Å². The minimum Gasteiger partial charge on any atom is -0.337 e. The Morgan fingerprint density at radius 3 is 1.81 bits per heavy atom. The minimum atomic E-state index is 0.741. The van der Waals surface area contributed by atoms with E-state index in [1.807, 2.05) is 19.9 Å². The Balaban J connectivity index is 2.93. The van der Waals surface area contributed by atoms with Gasteiger partial charge in [-0.3, -0.25) is 0 Å². The van der Waals surface area contributed by atoms with Gasteiger partial charge in [-0.15, -0.1) is 0 Å². The van der Waals surface area contributed by atoms with Gasteiger partial charge >= 0.3 is 0 Å². The molecule has 0 radical (unpaired) electrons. The van der Waals surface area contributed by atoms with Gasteiger partial charge in [0.05, 0.1) is 14.2 Å². The van der Waals surface area contributed by atoms with E-state index in [9.17, 15) is 0 Å². The van der Waals surface area contributed by atoms with Crippen LogP contribution in [0.1, 0.15) is 55.7 Å². The van der Waals surface area contributed by atoms with Gasteiger partial charge in [-0.2, -0.15) is 9.78 Å². The summed E-state index contributed by atoms with van der Waals surface area (Å²) in [5, 5.41) is 0. The first-order valence-electron chi connectivity index (χ1n) is 7.70. The molecule has 0 aliphatic heterocycles. The molecular formula is C17H28O4. The topological polar surface area (TPSA) is 36.9 Å². The molecule has 4 nitrogen and oxygen atoms in total. The lowest BCUT2D eigenvalue weighted by atomic mass is 9.98. The molecule has 120 valence electrons. The normalized spacial score (nSPS) is 10.7. The smallest absolute Gasteiger partial charge is 0.175 e. The molecule has 0 saturated carbocycles. The van der Waals surface area contributed by atoms with Crippen molar-refractivity contribution in [1.82, 2.24) is 0 Å². The maximum Gasteiger partial charge on any atom is 0.175 e. The van der Waals surface area contributed by atoms with Gasteiger partial charge in [-0.25, -0.2) is 0 Å². The van der Waals surface area contributed by atoms with Crippen molar-refractivity contribution in [1.29, 1.82) is 0 Å². The standard InChI is InChI=1S/C17H28O4/c1-6-7-8-9-10-11-15-16(20-18-4)13(2)12-14(3)17(15)21-19-5/h12H,6-11H2,1-5H3. The molecule has 0 aliphatic carbocycles. The molecular weight excluding hydrogens is 268 g/mol. The van der Waals surface area contributed by atoms with Crippen LogP contribution in [-0.4, -0.2) is 14.2 Å². The summed E-state index contributed by atoms with van der Waals surface area (Å²) in [5.74, 6) is 1.48. The molecule has 21 heavy (non-hydrogen) atoms. The van der Waals surface area contributed by atoms with E-state index < -0.39 is 0 Å². The molecule has 0 spiro atoms. The second kappa shape index (κ2) is 9.64. The second-order valence-corrected chi connectivity index (χ2v) is 5.31. The number of aryl methyl sites for hydroxylation is 2. The average molecular weight is 296 g/mol. The van der Waals surface area contributed by atoms with Gasteiger partial charge in [0.15, 0.2) is 11.5 Å². The van der Waals surface area contributed by atoms with E-state index in [1.54, 1.807) is 0 Å². The van der Waals surface area contributed by atoms with E-state index in [1.165, 1.54) is 39.9 Å². The Morgan fingerprint density at radius 2 is 1.33 bits per heavy atom. The molecule has 0 unspecified atom stereocenters. The summed E-state index contributed by atoms with van der Waals surface area (Å²) in [6, 6.07) is 2.02. The van der Waals surface area contributed by atoms with Crippen LogP contribution in [0.2, 0.25) is 0 Å². The van der Waals surface area contributed by atoms with Crippen molar-refractivity contribution in [3.8, 4) is 11.5 Å². The van der Waals surface area contributed by atoms with Crippen molar-refractivity contribution >= 4 is 0 Å². The molecule has 0 saturated heterocycles. The van der Waals surface area contributed by atoms with E-state index >= 15 is 0 Å². The lowest BCUT2D eigenvalue weighted by molar-refractivity contribution is -0.186. The van der Waals surface area contributed by atoms with Crippen LogP contribution in [0.4, 0.5) is 0 Å². The maximum absolute atomic E-state index is 5.35. The largest absolute Gasteiger partial charge is 0.337 e. The Bertz CT molecular complexity index is 399. The highest BCUT2D eigenvalue weighted by molar-refractivity contribution is 5.53. The number of rotatable bonds is 10. The SMILES string of the molecule is CCCCCCCc1c(OOC)c(C)cc(C)c1OOC. The van der Waals surface area contributed by atoms with Crippen LogP contribution >= 0.6 is 0 Å². The zero-order chi connectivity index (χ0) is 15.7. The molecule has 0 bridgehead atoms. The molecule has 0 atom stereocenters. The van der Waals surface area contributed by atoms with Crippen molar-refractivity contribution in [3.63, 3.8) is 0 Å². The average Bonchev–Trinajstić information content (AvgIpc) is 2.46. The van der Waals surface area contributed by atoms with Gasteiger partial charge in [0, 0.05) is 5.56 Å². The first kappa shape index (κ1) is 17.8. The fourth-order valence-corrected chi connectivity index (χ4v) is 2.57.